The van der Waals surface area contributed by atoms with Crippen LogP contribution in [0.15, 0.2) is 33.5 Å². The number of amides is 2. The molecule has 0 aliphatic rings. The number of rotatable bonds is 25. The Morgan fingerprint density at radius 2 is 1.40 bits per heavy atom. The summed E-state index contributed by atoms with van der Waals surface area (Å²) >= 11 is 0. The van der Waals surface area contributed by atoms with E-state index < -0.39 is 23.5 Å². The van der Waals surface area contributed by atoms with Crippen molar-refractivity contribution in [3.05, 3.63) is 40.2 Å². The van der Waals surface area contributed by atoms with Gasteiger partial charge in [-0.3, -0.25) is 9.59 Å². The lowest BCUT2D eigenvalue weighted by atomic mass is 10.0. The summed E-state index contributed by atoms with van der Waals surface area (Å²) in [6.45, 7) is 8.38. The fourth-order valence-electron chi connectivity index (χ4n) is 5.63. The molecule has 0 saturated heterocycles. The molecule has 2 amide bonds. The van der Waals surface area contributed by atoms with Gasteiger partial charge >= 0.3 is 11.6 Å². The zero-order chi connectivity index (χ0) is 32.9. The van der Waals surface area contributed by atoms with Crippen molar-refractivity contribution >= 4 is 34.4 Å². The van der Waals surface area contributed by atoms with E-state index in [1.165, 1.54) is 76.7 Å². The summed E-state index contributed by atoms with van der Waals surface area (Å²) in [7, 11) is 0. The Balaban J connectivity index is 1.63. The van der Waals surface area contributed by atoms with Crippen LogP contribution in [0.5, 0.6) is 0 Å². The predicted octanol–water partition coefficient (Wildman–Crippen LogP) is 7.59. The van der Waals surface area contributed by atoms with Gasteiger partial charge in [-0.15, -0.1) is 0 Å². The number of carbonyl (C=O) groups is 3. The zero-order valence-electron chi connectivity index (χ0n) is 28.0. The Labute approximate surface area is 269 Å². The third kappa shape index (κ3) is 14.5. The standard InChI is InChI=1S/C36H57N3O6/c1-4-7-8-9-10-11-12-13-14-15-16-17-18-22-33(40)37-25-20-19-21-31(35(42)43)38-34(41)30-26-28-23-24-29(39(5-2)6-3)27-32(28)45-36(30)44/h23-24,26-27,31H,4-22,25H2,1-3H3,(H,37,40)(H,38,41)(H,42,43). The average Bonchev–Trinajstić information content (AvgIpc) is 3.02. The van der Waals surface area contributed by atoms with E-state index in [2.05, 4.69) is 22.5 Å². The van der Waals surface area contributed by atoms with Crippen molar-refractivity contribution in [1.29, 1.82) is 0 Å². The number of hydrogen-bond donors (Lipinski definition) is 3. The maximum absolute atomic E-state index is 12.8. The van der Waals surface area contributed by atoms with Gasteiger partial charge < -0.3 is 25.1 Å². The van der Waals surface area contributed by atoms with Gasteiger partial charge in [0.2, 0.25) is 5.91 Å². The monoisotopic (exact) mass is 627 g/mol. The maximum atomic E-state index is 12.8. The quantitative estimate of drug-likeness (QED) is 0.0764. The molecule has 2 rings (SSSR count). The van der Waals surface area contributed by atoms with E-state index in [0.29, 0.717) is 36.8 Å². The molecule has 1 heterocycles. The molecule has 252 valence electrons. The number of unbranched alkanes of at least 4 members (excludes halogenated alkanes) is 13. The lowest BCUT2D eigenvalue weighted by Gasteiger charge is -2.21. The minimum atomic E-state index is -1.18. The molecular formula is C36H57N3O6. The van der Waals surface area contributed by atoms with E-state index in [-0.39, 0.29) is 17.9 Å². The number of anilines is 1. The maximum Gasteiger partial charge on any atom is 0.349 e. The van der Waals surface area contributed by atoms with E-state index in [0.717, 1.165) is 31.6 Å². The van der Waals surface area contributed by atoms with Crippen molar-refractivity contribution in [2.24, 2.45) is 0 Å². The summed E-state index contributed by atoms with van der Waals surface area (Å²) in [4.78, 5) is 51.5. The molecule has 45 heavy (non-hydrogen) atoms. The highest BCUT2D eigenvalue weighted by Crippen LogP contribution is 2.22. The Morgan fingerprint density at radius 3 is 1.98 bits per heavy atom. The van der Waals surface area contributed by atoms with Crippen molar-refractivity contribution in [1.82, 2.24) is 10.6 Å². The second-order valence-electron chi connectivity index (χ2n) is 12.0. The molecule has 9 nitrogen and oxygen atoms in total. The summed E-state index contributed by atoms with van der Waals surface area (Å²) in [5, 5.41) is 15.6. The lowest BCUT2D eigenvalue weighted by molar-refractivity contribution is -0.139. The molecule has 9 heteroatoms. The van der Waals surface area contributed by atoms with Gasteiger partial charge in [0.15, 0.2) is 0 Å². The topological polar surface area (TPSA) is 129 Å². The third-order valence-electron chi connectivity index (χ3n) is 8.45. The normalized spacial score (nSPS) is 11.8. The van der Waals surface area contributed by atoms with Crippen molar-refractivity contribution in [3.8, 4) is 0 Å². The average molecular weight is 628 g/mol. The van der Waals surface area contributed by atoms with Crippen LogP contribution in [-0.2, 0) is 9.59 Å². The van der Waals surface area contributed by atoms with Crippen LogP contribution in [-0.4, -0.2) is 48.6 Å². The van der Waals surface area contributed by atoms with Crippen LogP contribution < -0.4 is 21.2 Å². The number of aliphatic carboxylic acids is 1. The van der Waals surface area contributed by atoms with Crippen LogP contribution in [0, 0.1) is 0 Å². The van der Waals surface area contributed by atoms with Crippen LogP contribution in [0.4, 0.5) is 5.69 Å². The van der Waals surface area contributed by atoms with E-state index in [1.54, 1.807) is 12.1 Å². The number of fused-ring (bicyclic) bond motifs is 1. The van der Waals surface area contributed by atoms with E-state index in [4.69, 9.17) is 4.42 Å². The number of carbonyl (C=O) groups excluding carboxylic acids is 2. The first-order chi connectivity index (χ1) is 21.8. The fraction of sp³-hybridized carbons (Fsp3) is 0.667. The number of carboxylic acid groups (broad SMARTS) is 1. The van der Waals surface area contributed by atoms with Crippen molar-refractivity contribution < 1.29 is 23.9 Å². The molecular weight excluding hydrogens is 570 g/mol. The van der Waals surface area contributed by atoms with Gasteiger partial charge in [0.1, 0.15) is 17.2 Å². The lowest BCUT2D eigenvalue weighted by Crippen LogP contribution is -2.42. The Bertz CT molecular complexity index is 1220. The van der Waals surface area contributed by atoms with Crippen LogP contribution in [0.1, 0.15) is 140 Å². The number of nitrogens with one attached hydrogen (secondary N) is 2. The smallest absolute Gasteiger partial charge is 0.349 e. The molecule has 0 fully saturated rings. The summed E-state index contributed by atoms with van der Waals surface area (Å²) in [6.07, 6.45) is 18.2. The summed E-state index contributed by atoms with van der Waals surface area (Å²) in [5.74, 6) is -1.94. The predicted molar refractivity (Wildman–Crippen MR) is 182 cm³/mol. The first kappa shape index (κ1) is 37.8. The summed E-state index contributed by atoms with van der Waals surface area (Å²) in [6, 6.07) is 5.73. The molecule has 2 aromatic rings. The van der Waals surface area contributed by atoms with Gasteiger partial charge in [0, 0.05) is 43.2 Å². The van der Waals surface area contributed by atoms with E-state index >= 15 is 0 Å². The summed E-state index contributed by atoms with van der Waals surface area (Å²) in [5.41, 5.74) is 0.234. The number of hydrogen-bond acceptors (Lipinski definition) is 6. The Kier molecular flexibility index (Phi) is 18.7. The molecule has 0 spiro atoms. The Hall–Kier alpha value is -3.36. The van der Waals surface area contributed by atoms with Gasteiger partial charge in [-0.05, 0) is 57.7 Å². The molecule has 1 aromatic heterocycles. The van der Waals surface area contributed by atoms with Crippen molar-refractivity contribution in [2.45, 2.75) is 136 Å². The van der Waals surface area contributed by atoms with Gasteiger partial charge in [0.05, 0.1) is 0 Å². The van der Waals surface area contributed by atoms with E-state index in [1.807, 2.05) is 19.9 Å². The largest absolute Gasteiger partial charge is 0.480 e. The summed E-state index contributed by atoms with van der Waals surface area (Å²) < 4.78 is 5.42. The van der Waals surface area contributed by atoms with Gasteiger partial charge in [0.25, 0.3) is 5.91 Å². The molecule has 0 bridgehead atoms. The van der Waals surface area contributed by atoms with Gasteiger partial charge in [-0.25, -0.2) is 9.59 Å². The van der Waals surface area contributed by atoms with Crippen molar-refractivity contribution in [2.75, 3.05) is 24.5 Å². The number of nitrogens with zero attached hydrogens (tertiary/aromatic N) is 1. The van der Waals surface area contributed by atoms with Crippen LogP contribution in [0.2, 0.25) is 0 Å². The molecule has 1 atom stereocenters. The molecule has 0 aliphatic carbocycles. The highest BCUT2D eigenvalue weighted by atomic mass is 16.4. The first-order valence-electron chi connectivity index (χ1n) is 17.4. The SMILES string of the molecule is CCCCCCCCCCCCCCCC(=O)NCCCCC(NC(=O)c1cc2ccc(N(CC)CC)cc2oc1=O)C(=O)O. The Morgan fingerprint density at radius 1 is 0.800 bits per heavy atom. The van der Waals surface area contributed by atoms with E-state index in [9.17, 15) is 24.3 Å². The van der Waals surface area contributed by atoms with Crippen LogP contribution >= 0.6 is 0 Å². The highest BCUT2D eigenvalue weighted by molar-refractivity contribution is 5.98. The van der Waals surface area contributed by atoms with Crippen LogP contribution in [0.3, 0.4) is 0 Å². The molecule has 0 aliphatic heterocycles. The second-order valence-corrected chi connectivity index (χ2v) is 12.0. The second kappa shape index (κ2) is 22.2. The van der Waals surface area contributed by atoms with Crippen molar-refractivity contribution in [3.63, 3.8) is 0 Å². The van der Waals surface area contributed by atoms with Gasteiger partial charge in [-0.1, -0.05) is 84.0 Å². The molecule has 0 radical (unpaired) electrons. The van der Waals surface area contributed by atoms with Crippen LogP contribution in [0.25, 0.3) is 11.0 Å². The minimum Gasteiger partial charge on any atom is -0.480 e. The number of benzene rings is 1. The third-order valence-corrected chi connectivity index (χ3v) is 8.45. The zero-order valence-corrected chi connectivity index (χ0v) is 28.0. The minimum absolute atomic E-state index is 0.0217. The molecule has 3 N–H and O–H groups in total. The highest BCUT2D eigenvalue weighted by Gasteiger charge is 2.23. The fourth-order valence-corrected chi connectivity index (χ4v) is 5.63. The number of carboxylic acids is 1. The molecule has 1 unspecified atom stereocenters. The first-order valence-corrected chi connectivity index (χ1v) is 17.4. The van der Waals surface area contributed by atoms with Gasteiger partial charge in [-0.2, -0.15) is 0 Å². The molecule has 0 saturated carbocycles. The molecule has 1 aromatic carbocycles.